The summed E-state index contributed by atoms with van der Waals surface area (Å²) in [7, 11) is 0. The summed E-state index contributed by atoms with van der Waals surface area (Å²) in [5.41, 5.74) is 4.70. The zero-order chi connectivity index (χ0) is 19.9. The summed E-state index contributed by atoms with van der Waals surface area (Å²) in [5, 5.41) is 19.3. The van der Waals surface area contributed by atoms with Gasteiger partial charge >= 0.3 is 0 Å². The highest BCUT2D eigenvalue weighted by atomic mass is 16.5. The molecule has 0 aliphatic carbocycles. The lowest BCUT2D eigenvalue weighted by atomic mass is 9.98. The number of ether oxygens (including phenoxy) is 2. The molecule has 0 saturated heterocycles. The van der Waals surface area contributed by atoms with E-state index >= 15 is 0 Å². The molecule has 0 radical (unpaired) electrons. The fraction of sp³-hybridized carbons (Fsp3) is 0.217. The Bertz CT molecular complexity index is 974. The zero-order valence-electron chi connectivity index (χ0n) is 16.0. The standard InChI is InChI=1S/C23H22N2O3/c1-3-27-12-13-28-23-21(15-24)20(17-6-4-16(2)5-7-17)14-22(25-23)18-8-10-19(26)11-9-18/h4-11,14,26H,3,12-13H2,1-2H3. The molecule has 1 aromatic heterocycles. The van der Waals surface area contributed by atoms with Crippen molar-refractivity contribution in [3.8, 4) is 40.1 Å². The maximum atomic E-state index is 9.78. The number of hydrogen-bond acceptors (Lipinski definition) is 5. The number of hydrogen-bond donors (Lipinski definition) is 1. The number of benzene rings is 2. The minimum Gasteiger partial charge on any atom is -0.508 e. The molecule has 0 saturated carbocycles. The number of aromatic nitrogens is 1. The minimum atomic E-state index is 0.185. The van der Waals surface area contributed by atoms with Crippen LogP contribution in [0.4, 0.5) is 0 Å². The number of nitriles is 1. The van der Waals surface area contributed by atoms with E-state index in [-0.39, 0.29) is 11.6 Å². The average Bonchev–Trinajstić information content (AvgIpc) is 2.72. The molecule has 3 rings (SSSR count). The Hall–Kier alpha value is -3.36. The highest BCUT2D eigenvalue weighted by Crippen LogP contribution is 2.34. The summed E-state index contributed by atoms with van der Waals surface area (Å²) in [5.74, 6) is 0.465. The highest BCUT2D eigenvalue weighted by molar-refractivity contribution is 5.78. The van der Waals surface area contributed by atoms with Gasteiger partial charge in [0.05, 0.1) is 12.3 Å². The third kappa shape index (κ3) is 4.48. The van der Waals surface area contributed by atoms with Crippen LogP contribution in [0.2, 0.25) is 0 Å². The first-order valence-corrected chi connectivity index (χ1v) is 9.14. The highest BCUT2D eigenvalue weighted by Gasteiger charge is 2.16. The number of rotatable bonds is 7. The van der Waals surface area contributed by atoms with Crippen LogP contribution in [-0.2, 0) is 4.74 Å². The Labute approximate surface area is 164 Å². The van der Waals surface area contributed by atoms with Gasteiger partial charge in [-0.25, -0.2) is 4.98 Å². The Kier molecular flexibility index (Phi) is 6.25. The van der Waals surface area contributed by atoms with Crippen LogP contribution in [-0.4, -0.2) is 29.9 Å². The van der Waals surface area contributed by atoms with E-state index < -0.39 is 0 Å². The minimum absolute atomic E-state index is 0.185. The molecular weight excluding hydrogens is 352 g/mol. The summed E-state index contributed by atoms with van der Waals surface area (Å²) in [6.45, 7) is 5.27. The second kappa shape index (κ2) is 9.03. The molecule has 0 amide bonds. The van der Waals surface area contributed by atoms with Crippen molar-refractivity contribution in [2.75, 3.05) is 19.8 Å². The van der Waals surface area contributed by atoms with Gasteiger partial charge in [-0.2, -0.15) is 5.26 Å². The summed E-state index contributed by atoms with van der Waals surface area (Å²) in [4.78, 5) is 4.56. The smallest absolute Gasteiger partial charge is 0.232 e. The van der Waals surface area contributed by atoms with E-state index in [2.05, 4.69) is 11.1 Å². The summed E-state index contributed by atoms with van der Waals surface area (Å²) >= 11 is 0. The number of phenolic OH excluding ortho intramolecular Hbond substituents is 1. The molecule has 3 aromatic rings. The molecule has 2 aromatic carbocycles. The number of nitrogens with zero attached hydrogens (tertiary/aromatic N) is 2. The van der Waals surface area contributed by atoms with Gasteiger partial charge < -0.3 is 14.6 Å². The van der Waals surface area contributed by atoms with Gasteiger partial charge in [0, 0.05) is 17.7 Å². The van der Waals surface area contributed by atoms with E-state index in [0.717, 1.165) is 22.3 Å². The monoisotopic (exact) mass is 374 g/mol. The van der Waals surface area contributed by atoms with Crippen LogP contribution in [0.3, 0.4) is 0 Å². The van der Waals surface area contributed by atoms with Gasteiger partial charge in [0.1, 0.15) is 24.0 Å². The molecule has 28 heavy (non-hydrogen) atoms. The lowest BCUT2D eigenvalue weighted by molar-refractivity contribution is 0.108. The number of aromatic hydroxyl groups is 1. The van der Waals surface area contributed by atoms with Crippen LogP contribution in [0, 0.1) is 18.3 Å². The van der Waals surface area contributed by atoms with Gasteiger partial charge in [-0.1, -0.05) is 29.8 Å². The van der Waals surface area contributed by atoms with E-state index in [4.69, 9.17) is 9.47 Å². The van der Waals surface area contributed by atoms with E-state index in [1.54, 1.807) is 24.3 Å². The number of pyridine rings is 1. The van der Waals surface area contributed by atoms with Gasteiger partial charge in [0.2, 0.25) is 5.88 Å². The Balaban J connectivity index is 2.10. The summed E-state index contributed by atoms with van der Waals surface area (Å²) in [6.07, 6.45) is 0. The van der Waals surface area contributed by atoms with Crippen molar-refractivity contribution in [2.24, 2.45) is 0 Å². The second-order valence-corrected chi connectivity index (χ2v) is 6.31. The molecular formula is C23H22N2O3. The topological polar surface area (TPSA) is 75.4 Å². The third-order valence-corrected chi connectivity index (χ3v) is 4.29. The molecule has 0 bridgehead atoms. The van der Waals surface area contributed by atoms with Crippen molar-refractivity contribution < 1.29 is 14.6 Å². The largest absolute Gasteiger partial charge is 0.508 e. The van der Waals surface area contributed by atoms with E-state index in [0.29, 0.717) is 31.1 Å². The Morgan fingerprint density at radius 2 is 1.68 bits per heavy atom. The maximum Gasteiger partial charge on any atom is 0.232 e. The first kappa shape index (κ1) is 19.4. The van der Waals surface area contributed by atoms with Crippen molar-refractivity contribution in [3.05, 3.63) is 65.7 Å². The van der Waals surface area contributed by atoms with Gasteiger partial charge in [-0.15, -0.1) is 0 Å². The molecule has 0 unspecified atom stereocenters. The molecule has 5 nitrogen and oxygen atoms in total. The van der Waals surface area contributed by atoms with Gasteiger partial charge in [0.25, 0.3) is 0 Å². The average molecular weight is 374 g/mol. The zero-order valence-corrected chi connectivity index (χ0v) is 16.0. The van der Waals surface area contributed by atoms with Gasteiger partial charge in [-0.3, -0.25) is 0 Å². The first-order valence-electron chi connectivity index (χ1n) is 9.14. The van der Waals surface area contributed by atoms with Crippen molar-refractivity contribution in [2.45, 2.75) is 13.8 Å². The van der Waals surface area contributed by atoms with Gasteiger partial charge in [0.15, 0.2) is 0 Å². The van der Waals surface area contributed by atoms with E-state index in [1.165, 1.54) is 0 Å². The number of phenols is 1. The maximum absolute atomic E-state index is 9.78. The van der Waals surface area contributed by atoms with Crippen molar-refractivity contribution >= 4 is 0 Å². The van der Waals surface area contributed by atoms with E-state index in [9.17, 15) is 10.4 Å². The number of aryl methyl sites for hydroxylation is 1. The fourth-order valence-electron chi connectivity index (χ4n) is 2.82. The molecule has 0 aliphatic rings. The quantitative estimate of drug-likeness (QED) is 0.606. The van der Waals surface area contributed by atoms with Crippen LogP contribution < -0.4 is 4.74 Å². The molecule has 1 N–H and O–H groups in total. The lowest BCUT2D eigenvalue weighted by Gasteiger charge is -2.14. The Morgan fingerprint density at radius 3 is 2.32 bits per heavy atom. The van der Waals surface area contributed by atoms with E-state index in [1.807, 2.05) is 44.2 Å². The van der Waals surface area contributed by atoms with Crippen molar-refractivity contribution in [1.82, 2.24) is 4.98 Å². The molecule has 0 fully saturated rings. The van der Waals surface area contributed by atoms with Crippen LogP contribution >= 0.6 is 0 Å². The predicted molar refractivity (Wildman–Crippen MR) is 108 cm³/mol. The molecule has 0 spiro atoms. The van der Waals surface area contributed by atoms with Gasteiger partial charge in [-0.05, 0) is 49.7 Å². The van der Waals surface area contributed by atoms with Crippen molar-refractivity contribution in [3.63, 3.8) is 0 Å². The third-order valence-electron chi connectivity index (χ3n) is 4.29. The Morgan fingerprint density at radius 1 is 1.00 bits per heavy atom. The molecule has 0 atom stereocenters. The first-order chi connectivity index (χ1) is 13.6. The van der Waals surface area contributed by atoms with Crippen LogP contribution in [0.15, 0.2) is 54.6 Å². The van der Waals surface area contributed by atoms with Crippen LogP contribution in [0.5, 0.6) is 11.6 Å². The lowest BCUT2D eigenvalue weighted by Crippen LogP contribution is -2.09. The summed E-state index contributed by atoms with van der Waals surface area (Å²) in [6, 6.07) is 18.9. The summed E-state index contributed by atoms with van der Waals surface area (Å²) < 4.78 is 11.1. The normalized spacial score (nSPS) is 10.5. The molecule has 0 aliphatic heterocycles. The second-order valence-electron chi connectivity index (χ2n) is 6.31. The molecule has 142 valence electrons. The predicted octanol–water partition coefficient (Wildman–Crippen LogP) is 4.72. The fourth-order valence-corrected chi connectivity index (χ4v) is 2.82. The van der Waals surface area contributed by atoms with Crippen LogP contribution in [0.25, 0.3) is 22.4 Å². The SMILES string of the molecule is CCOCCOc1nc(-c2ccc(O)cc2)cc(-c2ccc(C)cc2)c1C#N. The molecule has 1 heterocycles. The van der Waals surface area contributed by atoms with Crippen molar-refractivity contribution in [1.29, 1.82) is 5.26 Å². The van der Waals surface area contributed by atoms with Crippen LogP contribution in [0.1, 0.15) is 18.1 Å². The molecule has 5 heteroatoms.